The van der Waals surface area contributed by atoms with Gasteiger partial charge in [0.25, 0.3) is 0 Å². The van der Waals surface area contributed by atoms with E-state index in [-0.39, 0.29) is 23.9 Å². The first-order valence-electron chi connectivity index (χ1n) is 7.44. The minimum atomic E-state index is 0. The molecule has 0 aliphatic carbocycles. The van der Waals surface area contributed by atoms with Crippen molar-refractivity contribution in [2.24, 2.45) is 9.98 Å². The fourth-order valence-electron chi connectivity index (χ4n) is 2.37. The Morgan fingerprint density at radius 1 is 0.667 bits per heavy atom. The first-order valence-corrected chi connectivity index (χ1v) is 7.44. The molecule has 0 bridgehead atoms. The summed E-state index contributed by atoms with van der Waals surface area (Å²) in [5.74, 6) is 1.81. The molecule has 0 spiro atoms. The number of para-hydroxylation sites is 2. The van der Waals surface area contributed by atoms with Gasteiger partial charge >= 0.3 is 16.5 Å². The molecule has 1 heterocycles. The Morgan fingerprint density at radius 3 is 1.33 bits per heavy atom. The minimum absolute atomic E-state index is 0. The van der Waals surface area contributed by atoms with Crippen LogP contribution in [0.2, 0.25) is 0 Å². The summed E-state index contributed by atoms with van der Waals surface area (Å²) < 4.78 is 0. The average molecular weight is 366 g/mol. The number of rotatable bonds is 2. The van der Waals surface area contributed by atoms with Gasteiger partial charge in [0.15, 0.2) is 11.7 Å². The Labute approximate surface area is 154 Å². The molecule has 0 N–H and O–H groups in total. The van der Waals surface area contributed by atoms with Crippen LogP contribution in [-0.4, -0.2) is 48.7 Å². The van der Waals surface area contributed by atoms with Crippen LogP contribution in [-0.2, 0) is 16.5 Å². The third kappa shape index (κ3) is 4.68. The molecule has 0 atom stereocenters. The first-order chi connectivity index (χ1) is 10.7. The summed E-state index contributed by atoms with van der Waals surface area (Å²) in [5.41, 5.74) is 1.89. The van der Waals surface area contributed by atoms with Gasteiger partial charge < -0.3 is 17.2 Å². The smallest absolute Gasteiger partial charge is 0.358 e. The maximum Gasteiger partial charge on any atom is 2.00 e. The summed E-state index contributed by atoms with van der Waals surface area (Å²) in [6.07, 6.45) is 0. The Kier molecular flexibility index (Phi) is 7.67. The summed E-state index contributed by atoms with van der Waals surface area (Å²) in [4.78, 5) is 13.9. The van der Waals surface area contributed by atoms with Crippen LogP contribution in [0.15, 0.2) is 70.6 Å². The summed E-state index contributed by atoms with van der Waals surface area (Å²) in [5, 5.41) is 0. The SMILES string of the molecule is CN1CCN(C)C(=Nc2ccccc2)C1=Nc1ccccc1.[CH3-].[Ni+2]. The predicted molar refractivity (Wildman–Crippen MR) is 98.7 cm³/mol. The predicted octanol–water partition coefficient (Wildman–Crippen LogP) is 3.77. The van der Waals surface area contributed by atoms with Crippen LogP contribution in [0.4, 0.5) is 11.4 Å². The van der Waals surface area contributed by atoms with E-state index >= 15 is 0 Å². The van der Waals surface area contributed by atoms with Gasteiger partial charge in [-0.05, 0) is 24.3 Å². The number of aliphatic imine (C=N–C) groups is 2. The molecule has 128 valence electrons. The Hall–Kier alpha value is -2.13. The van der Waals surface area contributed by atoms with Crippen molar-refractivity contribution in [3.63, 3.8) is 0 Å². The zero-order valence-corrected chi connectivity index (χ0v) is 15.3. The van der Waals surface area contributed by atoms with Crippen molar-refractivity contribution in [1.82, 2.24) is 9.80 Å². The van der Waals surface area contributed by atoms with Gasteiger partial charge in [-0.1, -0.05) is 36.4 Å². The number of piperazine rings is 1. The van der Waals surface area contributed by atoms with E-state index in [1.165, 1.54) is 0 Å². The summed E-state index contributed by atoms with van der Waals surface area (Å²) in [7, 11) is 4.13. The van der Waals surface area contributed by atoms with E-state index in [1.54, 1.807) is 0 Å². The molecular formula is C19H23N4Ni+. The van der Waals surface area contributed by atoms with Crippen LogP contribution in [0.5, 0.6) is 0 Å². The number of hydrogen-bond acceptors (Lipinski definition) is 2. The molecule has 2 aromatic carbocycles. The van der Waals surface area contributed by atoms with Crippen molar-refractivity contribution in [1.29, 1.82) is 0 Å². The quantitative estimate of drug-likeness (QED) is 0.599. The van der Waals surface area contributed by atoms with Gasteiger partial charge in [-0.2, -0.15) is 0 Å². The molecule has 1 aliphatic rings. The molecule has 0 radical (unpaired) electrons. The zero-order chi connectivity index (χ0) is 15.4. The summed E-state index contributed by atoms with van der Waals surface area (Å²) >= 11 is 0. The molecule has 1 saturated heterocycles. The molecule has 0 saturated carbocycles. The van der Waals surface area contributed by atoms with Crippen LogP contribution in [0.1, 0.15) is 0 Å². The Balaban J connectivity index is 0.00000144. The van der Waals surface area contributed by atoms with Crippen molar-refractivity contribution < 1.29 is 16.5 Å². The van der Waals surface area contributed by atoms with Gasteiger partial charge in [0.1, 0.15) is 0 Å². The molecule has 5 heteroatoms. The van der Waals surface area contributed by atoms with Crippen LogP contribution < -0.4 is 0 Å². The third-order valence-corrected chi connectivity index (χ3v) is 3.68. The largest absolute Gasteiger partial charge is 2.00 e. The van der Waals surface area contributed by atoms with E-state index in [0.717, 1.165) is 36.1 Å². The summed E-state index contributed by atoms with van der Waals surface area (Å²) in [6.45, 7) is 1.88. The fourth-order valence-corrected chi connectivity index (χ4v) is 2.37. The standard InChI is InChI=1S/C18H20N4.CH3.Ni/c1-21-13-14-22(2)18(20-16-11-7-4-8-12-16)17(21)19-15-9-5-3-6-10-15;;/h3-12H,13-14H2,1-2H3;1H3;/q;-1;+2. The van der Waals surface area contributed by atoms with E-state index in [1.807, 2.05) is 60.7 Å². The Bertz CT molecular complexity index is 622. The van der Waals surface area contributed by atoms with Gasteiger partial charge in [-0.3, -0.25) is 0 Å². The molecule has 1 fully saturated rings. The molecule has 2 aromatic rings. The van der Waals surface area contributed by atoms with Crippen molar-refractivity contribution >= 4 is 23.0 Å². The normalized spacial score (nSPS) is 17.4. The number of amidine groups is 2. The van der Waals surface area contributed by atoms with Crippen molar-refractivity contribution in [2.45, 2.75) is 0 Å². The van der Waals surface area contributed by atoms with Gasteiger partial charge in [0.2, 0.25) is 0 Å². The van der Waals surface area contributed by atoms with Gasteiger partial charge in [0, 0.05) is 27.2 Å². The number of hydrogen-bond donors (Lipinski definition) is 0. The van der Waals surface area contributed by atoms with Crippen LogP contribution >= 0.6 is 0 Å². The van der Waals surface area contributed by atoms with Gasteiger partial charge in [-0.15, -0.1) is 0 Å². The average Bonchev–Trinajstić information content (AvgIpc) is 2.56. The number of nitrogens with zero attached hydrogens (tertiary/aromatic N) is 4. The fraction of sp³-hybridized carbons (Fsp3) is 0.211. The molecule has 4 nitrogen and oxygen atoms in total. The summed E-state index contributed by atoms with van der Waals surface area (Å²) in [6, 6.07) is 20.0. The van der Waals surface area contributed by atoms with Crippen molar-refractivity contribution in [3.05, 3.63) is 68.1 Å². The van der Waals surface area contributed by atoms with E-state index in [4.69, 9.17) is 9.98 Å². The third-order valence-electron chi connectivity index (χ3n) is 3.68. The van der Waals surface area contributed by atoms with E-state index in [9.17, 15) is 0 Å². The Morgan fingerprint density at radius 2 is 1.00 bits per heavy atom. The molecule has 0 aromatic heterocycles. The van der Waals surface area contributed by atoms with Crippen LogP contribution in [0, 0.1) is 7.43 Å². The maximum absolute atomic E-state index is 4.80. The first kappa shape index (κ1) is 19.9. The van der Waals surface area contributed by atoms with E-state index in [2.05, 4.69) is 23.9 Å². The van der Waals surface area contributed by atoms with Crippen molar-refractivity contribution in [2.75, 3.05) is 27.2 Å². The van der Waals surface area contributed by atoms with Gasteiger partial charge in [-0.25, -0.2) is 9.98 Å². The number of likely N-dealkylation sites (N-methyl/N-ethyl adjacent to an activating group) is 2. The van der Waals surface area contributed by atoms with Crippen LogP contribution in [0.3, 0.4) is 0 Å². The number of benzene rings is 2. The second-order valence-electron chi connectivity index (χ2n) is 5.39. The molecule has 24 heavy (non-hydrogen) atoms. The second-order valence-corrected chi connectivity index (χ2v) is 5.39. The van der Waals surface area contributed by atoms with Gasteiger partial charge in [0.05, 0.1) is 11.4 Å². The molecule has 0 unspecified atom stereocenters. The van der Waals surface area contributed by atoms with E-state index < -0.39 is 0 Å². The van der Waals surface area contributed by atoms with Crippen LogP contribution in [0.25, 0.3) is 0 Å². The maximum atomic E-state index is 4.80. The van der Waals surface area contributed by atoms with E-state index in [0.29, 0.717) is 0 Å². The second kappa shape index (κ2) is 9.24. The topological polar surface area (TPSA) is 31.2 Å². The monoisotopic (exact) mass is 365 g/mol. The molecule has 3 rings (SSSR count). The van der Waals surface area contributed by atoms with Crippen molar-refractivity contribution in [3.8, 4) is 0 Å². The molecule has 1 aliphatic heterocycles. The molecular weight excluding hydrogens is 343 g/mol. The minimum Gasteiger partial charge on any atom is -0.358 e. The molecule has 0 amide bonds. The zero-order valence-electron chi connectivity index (χ0n) is 14.3.